The molecule has 0 spiro atoms. The van der Waals surface area contributed by atoms with Crippen LogP contribution in [-0.4, -0.2) is 15.0 Å². The van der Waals surface area contributed by atoms with E-state index < -0.39 is 9.05 Å². The summed E-state index contributed by atoms with van der Waals surface area (Å²) in [6, 6.07) is 3.17. The van der Waals surface area contributed by atoms with E-state index in [0.717, 1.165) is 5.57 Å². The Labute approximate surface area is 117 Å². The molecule has 0 atom stereocenters. The van der Waals surface area contributed by atoms with Crippen molar-refractivity contribution >= 4 is 31.3 Å². The van der Waals surface area contributed by atoms with Crippen molar-refractivity contribution in [1.29, 1.82) is 0 Å². The van der Waals surface area contributed by atoms with Gasteiger partial charge in [0.05, 0.1) is 4.90 Å². The molecule has 18 heavy (non-hydrogen) atoms. The van der Waals surface area contributed by atoms with Crippen molar-refractivity contribution in [3.05, 3.63) is 34.4 Å². The summed E-state index contributed by atoms with van der Waals surface area (Å²) in [5.41, 5.74) is 3.59. The quantitative estimate of drug-likeness (QED) is 0.796. The van der Waals surface area contributed by atoms with Crippen LogP contribution in [0.4, 0.5) is 0 Å². The van der Waals surface area contributed by atoms with Crippen molar-refractivity contribution in [3.8, 4) is 5.75 Å². The molecule has 0 fully saturated rings. The molecule has 0 heterocycles. The molecule has 6 heteroatoms. The molecule has 0 aliphatic rings. The first-order chi connectivity index (χ1) is 8.25. The van der Waals surface area contributed by atoms with Crippen LogP contribution in [0, 0.1) is 13.8 Å². The lowest BCUT2D eigenvalue weighted by atomic mass is 10.1. The van der Waals surface area contributed by atoms with Gasteiger partial charge >= 0.3 is 0 Å². The van der Waals surface area contributed by atoms with E-state index in [0.29, 0.717) is 23.5 Å². The van der Waals surface area contributed by atoms with Crippen LogP contribution in [0.2, 0.25) is 0 Å². The van der Waals surface area contributed by atoms with Crippen molar-refractivity contribution in [2.45, 2.75) is 25.7 Å². The topological polar surface area (TPSA) is 43.4 Å². The van der Waals surface area contributed by atoms with E-state index in [1.807, 2.05) is 6.92 Å². The number of aryl methyl sites for hydroxylation is 2. The van der Waals surface area contributed by atoms with Crippen LogP contribution in [0.3, 0.4) is 0 Å². The summed E-state index contributed by atoms with van der Waals surface area (Å²) in [7, 11) is 1.62. The molecule has 0 amide bonds. The fraction of sp³-hybridized carbons (Fsp3) is 0.333. The van der Waals surface area contributed by atoms with Crippen LogP contribution in [-0.2, 0) is 9.05 Å². The van der Waals surface area contributed by atoms with Crippen molar-refractivity contribution in [1.82, 2.24) is 0 Å². The zero-order valence-corrected chi connectivity index (χ0v) is 12.7. The first kappa shape index (κ1) is 15.3. The van der Waals surface area contributed by atoms with Crippen molar-refractivity contribution in [2.75, 3.05) is 6.61 Å². The Morgan fingerprint density at radius 1 is 1.33 bits per heavy atom. The number of rotatable bonds is 4. The predicted molar refractivity (Wildman–Crippen MR) is 74.1 cm³/mol. The summed E-state index contributed by atoms with van der Waals surface area (Å²) in [5, 5.41) is 0. The molecule has 3 nitrogen and oxygen atoms in total. The second kappa shape index (κ2) is 5.95. The second-order valence-corrected chi connectivity index (χ2v) is 6.82. The molecule has 0 unspecified atom stereocenters. The Morgan fingerprint density at radius 3 is 2.44 bits per heavy atom. The first-order valence-corrected chi connectivity index (χ1v) is 7.95. The highest BCUT2D eigenvalue weighted by Gasteiger charge is 2.16. The number of benzene rings is 1. The van der Waals surface area contributed by atoms with E-state index in [2.05, 4.69) is 0 Å². The SMILES string of the molecule is C/C(=C/Cl)COc1cc(C)c(S(=O)(=O)Cl)cc1C. The molecular weight excluding hydrogens is 295 g/mol. The first-order valence-electron chi connectivity index (χ1n) is 5.20. The maximum absolute atomic E-state index is 11.3. The summed E-state index contributed by atoms with van der Waals surface area (Å²) >= 11 is 5.54. The van der Waals surface area contributed by atoms with Crippen LogP contribution >= 0.6 is 22.3 Å². The molecule has 0 aliphatic heterocycles. The number of hydrogen-bond donors (Lipinski definition) is 0. The average molecular weight is 309 g/mol. The molecule has 0 aliphatic carbocycles. The van der Waals surface area contributed by atoms with E-state index in [9.17, 15) is 8.42 Å². The summed E-state index contributed by atoms with van der Waals surface area (Å²) < 4.78 is 28.2. The zero-order valence-electron chi connectivity index (χ0n) is 10.3. The third kappa shape index (κ3) is 3.90. The lowest BCUT2D eigenvalue weighted by Gasteiger charge is -2.12. The molecule has 1 rings (SSSR count). The van der Waals surface area contributed by atoms with Gasteiger partial charge in [-0.1, -0.05) is 11.6 Å². The molecule has 0 bridgehead atoms. The molecule has 0 N–H and O–H groups in total. The average Bonchev–Trinajstić information content (AvgIpc) is 2.27. The van der Waals surface area contributed by atoms with Crippen LogP contribution < -0.4 is 4.74 Å². The smallest absolute Gasteiger partial charge is 0.261 e. The van der Waals surface area contributed by atoms with E-state index in [4.69, 9.17) is 27.0 Å². The molecular formula is C12H14Cl2O3S. The van der Waals surface area contributed by atoms with Gasteiger partial charge in [0, 0.05) is 16.2 Å². The molecule has 100 valence electrons. The van der Waals surface area contributed by atoms with Gasteiger partial charge < -0.3 is 4.74 Å². The van der Waals surface area contributed by atoms with Crippen molar-refractivity contribution in [3.63, 3.8) is 0 Å². The molecule has 0 aromatic heterocycles. The third-order valence-corrected chi connectivity index (χ3v) is 4.21. The van der Waals surface area contributed by atoms with Crippen LogP contribution in [0.5, 0.6) is 5.75 Å². The van der Waals surface area contributed by atoms with E-state index in [1.165, 1.54) is 11.6 Å². The van der Waals surface area contributed by atoms with E-state index >= 15 is 0 Å². The van der Waals surface area contributed by atoms with Gasteiger partial charge in [0.1, 0.15) is 12.4 Å². The minimum absolute atomic E-state index is 0.110. The molecule has 0 saturated carbocycles. The molecule has 0 radical (unpaired) electrons. The minimum Gasteiger partial charge on any atom is -0.489 e. The Kier molecular flexibility index (Phi) is 5.08. The van der Waals surface area contributed by atoms with Gasteiger partial charge in [-0.05, 0) is 49.6 Å². The lowest BCUT2D eigenvalue weighted by molar-refractivity contribution is 0.349. The molecule has 0 saturated heterocycles. The van der Waals surface area contributed by atoms with Crippen LogP contribution in [0.15, 0.2) is 28.1 Å². The number of ether oxygens (including phenoxy) is 1. The summed E-state index contributed by atoms with van der Waals surface area (Å²) in [6.07, 6.45) is 0. The fourth-order valence-corrected chi connectivity index (χ4v) is 2.73. The van der Waals surface area contributed by atoms with Crippen molar-refractivity contribution < 1.29 is 13.2 Å². The maximum atomic E-state index is 11.3. The van der Waals surface area contributed by atoms with Crippen molar-refractivity contribution in [2.24, 2.45) is 0 Å². The van der Waals surface area contributed by atoms with Gasteiger partial charge in [-0.2, -0.15) is 0 Å². The number of halogens is 2. The third-order valence-electron chi connectivity index (χ3n) is 2.38. The largest absolute Gasteiger partial charge is 0.489 e. The number of hydrogen-bond acceptors (Lipinski definition) is 3. The Bertz CT molecular complexity index is 577. The van der Waals surface area contributed by atoms with Gasteiger partial charge in [-0.25, -0.2) is 8.42 Å². The summed E-state index contributed by atoms with van der Waals surface area (Å²) in [4.78, 5) is 0.110. The lowest BCUT2D eigenvalue weighted by Crippen LogP contribution is -2.02. The second-order valence-electron chi connectivity index (χ2n) is 4.07. The maximum Gasteiger partial charge on any atom is 0.261 e. The highest BCUT2D eigenvalue weighted by molar-refractivity contribution is 8.13. The van der Waals surface area contributed by atoms with Gasteiger partial charge in [0.15, 0.2) is 0 Å². The normalized spacial score (nSPS) is 12.6. The van der Waals surface area contributed by atoms with E-state index in [-0.39, 0.29) is 4.90 Å². The Balaban J connectivity index is 3.08. The van der Waals surface area contributed by atoms with Gasteiger partial charge in [-0.3, -0.25) is 0 Å². The fourth-order valence-electron chi connectivity index (χ4n) is 1.40. The van der Waals surface area contributed by atoms with Gasteiger partial charge in [0.2, 0.25) is 0 Å². The standard InChI is InChI=1S/C12H14Cl2O3S/c1-8(6-13)7-17-11-4-10(3)12(5-9(11)2)18(14,15)16/h4-6H,7H2,1-3H3/b8-6-. The van der Waals surface area contributed by atoms with Gasteiger partial charge in [0.25, 0.3) is 9.05 Å². The van der Waals surface area contributed by atoms with Crippen LogP contribution in [0.25, 0.3) is 0 Å². The summed E-state index contributed by atoms with van der Waals surface area (Å²) in [5.74, 6) is 0.620. The Morgan fingerprint density at radius 2 is 1.94 bits per heavy atom. The summed E-state index contributed by atoms with van der Waals surface area (Å²) in [6.45, 7) is 5.63. The Hall–Kier alpha value is -0.710. The molecule has 1 aromatic rings. The predicted octanol–water partition coefficient (Wildman–Crippen LogP) is 3.75. The highest BCUT2D eigenvalue weighted by Crippen LogP contribution is 2.28. The highest BCUT2D eigenvalue weighted by atomic mass is 35.7. The minimum atomic E-state index is -3.72. The molecule has 1 aromatic carbocycles. The monoisotopic (exact) mass is 308 g/mol. The zero-order chi connectivity index (χ0) is 13.9. The van der Waals surface area contributed by atoms with Gasteiger partial charge in [-0.15, -0.1) is 0 Å². The van der Waals surface area contributed by atoms with E-state index in [1.54, 1.807) is 19.9 Å². The van der Waals surface area contributed by atoms with Crippen LogP contribution in [0.1, 0.15) is 18.1 Å².